The molecule has 0 saturated heterocycles. The van der Waals surface area contributed by atoms with Gasteiger partial charge in [0.05, 0.1) is 16.3 Å². The van der Waals surface area contributed by atoms with Gasteiger partial charge in [-0.25, -0.2) is 31.0 Å². The number of hydrogen-bond acceptors (Lipinski definition) is 4. The van der Waals surface area contributed by atoms with Gasteiger partial charge >= 0.3 is 0 Å². The summed E-state index contributed by atoms with van der Waals surface area (Å²) in [4.78, 5) is 18.4. The van der Waals surface area contributed by atoms with E-state index < -0.39 is 55.2 Å². The number of benzene rings is 2. The number of carbonyl (C=O) groups is 1. The number of halogens is 5. The summed E-state index contributed by atoms with van der Waals surface area (Å²) in [6.07, 6.45) is 2.48. The van der Waals surface area contributed by atoms with Crippen molar-refractivity contribution in [3.8, 4) is 0 Å². The molecule has 4 rings (SSSR count). The number of ketones is 1. The number of anilines is 1. The minimum Gasteiger partial charge on any atom is -0.345 e. The van der Waals surface area contributed by atoms with Crippen molar-refractivity contribution < 1.29 is 30.8 Å². The number of carbonyl (C=O) groups excluding carboxylic acids is 1. The van der Waals surface area contributed by atoms with Crippen molar-refractivity contribution in [2.24, 2.45) is 0 Å². The normalized spacial score (nSPS) is 11.7. The fraction of sp³-hybridized carbons (Fsp3) is 0. The number of fused-ring (bicyclic) bond motifs is 1. The van der Waals surface area contributed by atoms with Crippen molar-refractivity contribution in [1.29, 1.82) is 0 Å². The van der Waals surface area contributed by atoms with Crippen molar-refractivity contribution in [2.45, 2.75) is 4.90 Å². The molecule has 0 spiro atoms. The van der Waals surface area contributed by atoms with Gasteiger partial charge in [-0.2, -0.15) is 0 Å². The Balaban J connectivity index is 1.78. The first kappa shape index (κ1) is 21.8. The van der Waals surface area contributed by atoms with Gasteiger partial charge in [0.2, 0.25) is 5.78 Å². The number of aromatic amines is 1. The summed E-state index contributed by atoms with van der Waals surface area (Å²) in [5.41, 5.74) is -1.83. The zero-order valence-electron chi connectivity index (χ0n) is 15.6. The Bertz CT molecular complexity index is 1510. The molecule has 32 heavy (non-hydrogen) atoms. The standard InChI is InChI=1S/C20H10ClF4N3O3S/c21-9-5-11-12(8-27-20(11)26-7-9)19(29)17-14(24)3-4-15(18(17)25)28-32(30,31)16-6-10(22)1-2-13(16)23/h1-8,28H,(H,26,27). The zero-order chi connectivity index (χ0) is 23.2. The summed E-state index contributed by atoms with van der Waals surface area (Å²) in [6.45, 7) is 0. The van der Waals surface area contributed by atoms with Gasteiger partial charge in [-0.3, -0.25) is 9.52 Å². The smallest absolute Gasteiger partial charge is 0.265 e. The van der Waals surface area contributed by atoms with Crippen LogP contribution in [0.15, 0.2) is 53.7 Å². The molecule has 0 saturated carbocycles. The highest BCUT2D eigenvalue weighted by Crippen LogP contribution is 2.29. The van der Waals surface area contributed by atoms with Crippen LogP contribution in [-0.4, -0.2) is 24.2 Å². The van der Waals surface area contributed by atoms with E-state index in [0.717, 1.165) is 0 Å². The first-order valence-electron chi connectivity index (χ1n) is 8.71. The topological polar surface area (TPSA) is 91.9 Å². The lowest BCUT2D eigenvalue weighted by Crippen LogP contribution is -2.17. The molecule has 0 atom stereocenters. The molecule has 0 aliphatic heterocycles. The lowest BCUT2D eigenvalue weighted by Gasteiger charge is -2.12. The molecule has 0 amide bonds. The molecule has 0 aliphatic carbocycles. The van der Waals surface area contributed by atoms with Gasteiger partial charge in [0.15, 0.2) is 5.82 Å². The SMILES string of the molecule is O=C(c1c(F)ccc(NS(=O)(=O)c2cc(F)ccc2F)c1F)c1c[nH]c2ncc(Cl)cc12. The summed E-state index contributed by atoms with van der Waals surface area (Å²) in [7, 11) is -4.81. The Morgan fingerprint density at radius 3 is 2.50 bits per heavy atom. The van der Waals surface area contributed by atoms with Crippen LogP contribution in [0.1, 0.15) is 15.9 Å². The maximum Gasteiger partial charge on any atom is 0.265 e. The van der Waals surface area contributed by atoms with E-state index in [-0.39, 0.29) is 21.6 Å². The van der Waals surface area contributed by atoms with Crippen LogP contribution in [0, 0.1) is 23.3 Å². The number of pyridine rings is 1. The van der Waals surface area contributed by atoms with Crippen LogP contribution in [0.3, 0.4) is 0 Å². The first-order chi connectivity index (χ1) is 15.1. The fourth-order valence-corrected chi connectivity index (χ4v) is 4.33. The van der Waals surface area contributed by atoms with Gasteiger partial charge in [-0.15, -0.1) is 0 Å². The second kappa shape index (κ2) is 7.92. The molecule has 6 nitrogen and oxygen atoms in total. The van der Waals surface area contributed by atoms with Gasteiger partial charge in [0.1, 0.15) is 28.0 Å². The molecule has 164 valence electrons. The number of nitrogens with zero attached hydrogens (tertiary/aromatic N) is 1. The quantitative estimate of drug-likeness (QED) is 0.315. The number of sulfonamides is 1. The highest BCUT2D eigenvalue weighted by molar-refractivity contribution is 7.92. The molecule has 0 radical (unpaired) electrons. The van der Waals surface area contributed by atoms with E-state index in [1.807, 2.05) is 0 Å². The Labute approximate surface area is 182 Å². The Morgan fingerprint density at radius 1 is 1.03 bits per heavy atom. The van der Waals surface area contributed by atoms with E-state index in [4.69, 9.17) is 11.6 Å². The minimum atomic E-state index is -4.81. The largest absolute Gasteiger partial charge is 0.345 e. The summed E-state index contributed by atoms with van der Waals surface area (Å²) in [5.74, 6) is -6.26. The second-order valence-corrected chi connectivity index (χ2v) is 8.63. The zero-order valence-corrected chi connectivity index (χ0v) is 17.2. The van der Waals surface area contributed by atoms with E-state index in [0.29, 0.717) is 30.3 Å². The van der Waals surface area contributed by atoms with E-state index in [9.17, 15) is 26.4 Å². The van der Waals surface area contributed by atoms with Crippen LogP contribution in [-0.2, 0) is 10.0 Å². The van der Waals surface area contributed by atoms with Crippen LogP contribution >= 0.6 is 11.6 Å². The lowest BCUT2D eigenvalue weighted by molar-refractivity contribution is 0.103. The molecule has 0 bridgehead atoms. The summed E-state index contributed by atoms with van der Waals surface area (Å²) in [5, 5.41) is 0.361. The van der Waals surface area contributed by atoms with Crippen molar-refractivity contribution in [3.05, 3.63) is 88.2 Å². The van der Waals surface area contributed by atoms with E-state index in [1.54, 1.807) is 4.72 Å². The summed E-state index contributed by atoms with van der Waals surface area (Å²) >= 11 is 5.87. The van der Waals surface area contributed by atoms with Crippen LogP contribution in [0.2, 0.25) is 5.02 Å². The molecule has 2 aromatic heterocycles. The van der Waals surface area contributed by atoms with E-state index >= 15 is 4.39 Å². The van der Waals surface area contributed by atoms with Crippen molar-refractivity contribution in [3.63, 3.8) is 0 Å². The molecular weight excluding hydrogens is 474 g/mol. The summed E-state index contributed by atoms with van der Waals surface area (Å²) < 4.78 is 83.4. The number of rotatable bonds is 5. The maximum absolute atomic E-state index is 15.1. The maximum atomic E-state index is 15.1. The van der Waals surface area contributed by atoms with Crippen molar-refractivity contribution in [1.82, 2.24) is 9.97 Å². The second-order valence-electron chi connectivity index (χ2n) is 6.55. The van der Waals surface area contributed by atoms with Gasteiger partial charge in [0, 0.05) is 23.3 Å². The average molecular weight is 484 g/mol. The predicted molar refractivity (Wildman–Crippen MR) is 108 cm³/mol. The molecule has 12 heteroatoms. The van der Waals surface area contributed by atoms with Crippen LogP contribution in [0.4, 0.5) is 23.2 Å². The highest BCUT2D eigenvalue weighted by Gasteiger charge is 2.27. The Morgan fingerprint density at radius 2 is 1.75 bits per heavy atom. The molecule has 0 aliphatic rings. The average Bonchev–Trinajstić information content (AvgIpc) is 3.15. The third kappa shape index (κ3) is 3.80. The van der Waals surface area contributed by atoms with Crippen molar-refractivity contribution >= 4 is 44.1 Å². The number of hydrogen-bond donors (Lipinski definition) is 2. The van der Waals surface area contributed by atoms with Crippen LogP contribution < -0.4 is 4.72 Å². The van der Waals surface area contributed by atoms with Crippen molar-refractivity contribution in [2.75, 3.05) is 4.72 Å². The van der Waals surface area contributed by atoms with Crippen LogP contribution in [0.25, 0.3) is 11.0 Å². The van der Waals surface area contributed by atoms with Gasteiger partial charge in [-0.1, -0.05) is 11.6 Å². The lowest BCUT2D eigenvalue weighted by atomic mass is 10.0. The monoisotopic (exact) mass is 483 g/mol. The Hall–Kier alpha value is -3.44. The molecule has 0 fully saturated rings. The Kier molecular flexibility index (Phi) is 5.39. The number of aromatic nitrogens is 2. The van der Waals surface area contributed by atoms with E-state index in [1.165, 1.54) is 18.5 Å². The summed E-state index contributed by atoms with van der Waals surface area (Å²) in [6, 6.07) is 4.42. The first-order valence-corrected chi connectivity index (χ1v) is 10.6. The van der Waals surface area contributed by atoms with Gasteiger partial charge in [-0.05, 0) is 36.4 Å². The third-order valence-corrected chi connectivity index (χ3v) is 6.07. The van der Waals surface area contributed by atoms with E-state index in [2.05, 4.69) is 9.97 Å². The third-order valence-electron chi connectivity index (χ3n) is 4.49. The van der Waals surface area contributed by atoms with Crippen LogP contribution in [0.5, 0.6) is 0 Å². The number of nitrogens with one attached hydrogen (secondary N) is 2. The fourth-order valence-electron chi connectivity index (χ4n) is 3.02. The molecule has 4 aromatic rings. The minimum absolute atomic E-state index is 0.163. The van der Waals surface area contributed by atoms with Gasteiger partial charge < -0.3 is 4.98 Å². The highest BCUT2D eigenvalue weighted by atomic mass is 35.5. The molecule has 2 heterocycles. The number of H-pyrrole nitrogens is 1. The molecule has 0 unspecified atom stereocenters. The van der Waals surface area contributed by atoms with Gasteiger partial charge in [0.25, 0.3) is 10.0 Å². The molecule has 2 N–H and O–H groups in total. The predicted octanol–water partition coefficient (Wildman–Crippen LogP) is 4.80. The molecule has 2 aromatic carbocycles. The molecular formula is C20H10ClF4N3O3S.